The lowest BCUT2D eigenvalue weighted by molar-refractivity contribution is -0.149. The second kappa shape index (κ2) is 10.4. The van der Waals surface area contributed by atoms with Gasteiger partial charge in [-0.3, -0.25) is 0 Å². The number of hydrogen-bond acceptors (Lipinski definition) is 5. The average molecular weight is 317 g/mol. The third-order valence-corrected chi connectivity index (χ3v) is 3.05. The second-order valence-electron chi connectivity index (χ2n) is 6.78. The largest absolute Gasteiger partial charge is 0.464 e. The Hall–Kier alpha value is -1.30. The molecule has 0 aromatic rings. The van der Waals surface area contributed by atoms with Crippen molar-refractivity contribution in [2.24, 2.45) is 11.3 Å². The van der Waals surface area contributed by atoms with Crippen LogP contribution < -0.4 is 5.32 Å². The number of esters is 1. The van der Waals surface area contributed by atoms with Crippen LogP contribution in [0.15, 0.2) is 0 Å². The van der Waals surface area contributed by atoms with E-state index >= 15 is 0 Å². The van der Waals surface area contributed by atoms with E-state index < -0.39 is 23.5 Å². The van der Waals surface area contributed by atoms with Crippen LogP contribution in [0.2, 0.25) is 0 Å². The van der Waals surface area contributed by atoms with Crippen LogP contribution >= 0.6 is 0 Å². The van der Waals surface area contributed by atoms with Crippen LogP contribution in [0.5, 0.6) is 0 Å². The summed E-state index contributed by atoms with van der Waals surface area (Å²) >= 11 is 0. The minimum Gasteiger partial charge on any atom is -0.464 e. The molecule has 0 aliphatic heterocycles. The second-order valence-corrected chi connectivity index (χ2v) is 6.78. The number of methoxy groups -OCH3 is 1. The average Bonchev–Trinajstić information content (AvgIpc) is 2.39. The molecule has 0 rings (SSSR count). The van der Waals surface area contributed by atoms with E-state index in [4.69, 9.17) is 14.2 Å². The summed E-state index contributed by atoms with van der Waals surface area (Å²) in [6.45, 7) is 10.7. The van der Waals surface area contributed by atoms with E-state index in [-0.39, 0.29) is 6.61 Å². The fourth-order valence-corrected chi connectivity index (χ4v) is 1.75. The number of nitrogens with one attached hydrogen (secondary N) is 1. The molecule has 1 unspecified atom stereocenters. The quantitative estimate of drug-likeness (QED) is 0.523. The summed E-state index contributed by atoms with van der Waals surface area (Å²) < 4.78 is 15.0. The number of ether oxygens (including phenoxy) is 3. The summed E-state index contributed by atoms with van der Waals surface area (Å²) in [5.74, 6) is 0.144. The monoisotopic (exact) mass is 317 g/mol. The van der Waals surface area contributed by atoms with Gasteiger partial charge in [0.15, 0.2) is 0 Å². The Balaban J connectivity index is 4.39. The van der Waals surface area contributed by atoms with Gasteiger partial charge in [0.05, 0.1) is 13.2 Å². The van der Waals surface area contributed by atoms with Gasteiger partial charge in [-0.05, 0) is 24.2 Å². The zero-order valence-corrected chi connectivity index (χ0v) is 14.7. The maximum absolute atomic E-state index is 12.2. The van der Waals surface area contributed by atoms with Crippen molar-refractivity contribution in [2.45, 2.75) is 53.5 Å². The third kappa shape index (κ3) is 9.60. The number of hydrogen-bond donors (Lipinski definition) is 1. The standard InChI is InChI=1S/C16H31NO5/c1-12(2)8-7-9-21-14(18)13(16(3,4)5)17-15(19)22-11-10-20-6/h12-13H,7-11H2,1-6H3,(H,17,19). The summed E-state index contributed by atoms with van der Waals surface area (Å²) in [7, 11) is 1.52. The highest BCUT2D eigenvalue weighted by atomic mass is 16.6. The fourth-order valence-electron chi connectivity index (χ4n) is 1.75. The van der Waals surface area contributed by atoms with Crippen molar-refractivity contribution in [3.8, 4) is 0 Å². The Morgan fingerprint density at radius 2 is 1.68 bits per heavy atom. The first-order chi connectivity index (χ1) is 10.2. The molecule has 0 aromatic carbocycles. The highest BCUT2D eigenvalue weighted by Gasteiger charge is 2.34. The van der Waals surface area contributed by atoms with Crippen molar-refractivity contribution >= 4 is 12.1 Å². The van der Waals surface area contributed by atoms with E-state index in [1.54, 1.807) is 0 Å². The molecule has 0 aliphatic carbocycles. The van der Waals surface area contributed by atoms with Gasteiger partial charge in [0.25, 0.3) is 0 Å². The molecule has 6 heteroatoms. The minimum absolute atomic E-state index is 0.142. The van der Waals surface area contributed by atoms with Gasteiger partial charge in [-0.2, -0.15) is 0 Å². The number of rotatable bonds is 9. The van der Waals surface area contributed by atoms with Crippen LogP contribution in [0.25, 0.3) is 0 Å². The summed E-state index contributed by atoms with van der Waals surface area (Å²) in [6, 6.07) is -0.749. The predicted octanol–water partition coefficient (Wildman–Crippen LogP) is 2.75. The van der Waals surface area contributed by atoms with Crippen LogP contribution in [0, 0.1) is 11.3 Å². The Bertz CT molecular complexity index is 336. The van der Waals surface area contributed by atoms with Gasteiger partial charge in [-0.25, -0.2) is 9.59 Å². The van der Waals surface area contributed by atoms with Gasteiger partial charge in [-0.1, -0.05) is 34.6 Å². The third-order valence-electron chi connectivity index (χ3n) is 3.05. The molecule has 130 valence electrons. The summed E-state index contributed by atoms with van der Waals surface area (Å²) in [5, 5.41) is 2.57. The van der Waals surface area contributed by atoms with Crippen LogP contribution in [-0.4, -0.2) is 45.0 Å². The van der Waals surface area contributed by atoms with Gasteiger partial charge in [-0.15, -0.1) is 0 Å². The summed E-state index contributed by atoms with van der Waals surface area (Å²) in [5.41, 5.74) is -0.463. The van der Waals surface area contributed by atoms with Crippen LogP contribution in [0.4, 0.5) is 4.79 Å². The van der Waals surface area contributed by atoms with Crippen molar-refractivity contribution in [3.05, 3.63) is 0 Å². The summed E-state index contributed by atoms with van der Waals surface area (Å²) in [6.07, 6.45) is 1.18. The molecule has 0 saturated carbocycles. The highest BCUT2D eigenvalue weighted by Crippen LogP contribution is 2.20. The SMILES string of the molecule is COCCOC(=O)NC(C(=O)OCCCC(C)C)C(C)(C)C. The number of carbonyl (C=O) groups is 2. The van der Waals surface area contributed by atoms with E-state index in [0.717, 1.165) is 12.8 Å². The highest BCUT2D eigenvalue weighted by molar-refractivity contribution is 5.82. The van der Waals surface area contributed by atoms with Crippen LogP contribution in [-0.2, 0) is 19.0 Å². The molecule has 0 radical (unpaired) electrons. The number of carbonyl (C=O) groups excluding carboxylic acids is 2. The van der Waals surface area contributed by atoms with E-state index in [9.17, 15) is 9.59 Å². The van der Waals surface area contributed by atoms with Crippen molar-refractivity contribution < 1.29 is 23.8 Å². The van der Waals surface area contributed by atoms with E-state index in [2.05, 4.69) is 19.2 Å². The maximum Gasteiger partial charge on any atom is 0.407 e. The molecule has 0 bridgehead atoms. The number of amides is 1. The number of alkyl carbamates (subject to hydrolysis) is 1. The molecule has 0 aromatic heterocycles. The summed E-state index contributed by atoms with van der Waals surface area (Å²) in [4.78, 5) is 23.9. The molecule has 22 heavy (non-hydrogen) atoms. The lowest BCUT2D eigenvalue weighted by Crippen LogP contribution is -2.50. The van der Waals surface area contributed by atoms with E-state index in [1.807, 2.05) is 20.8 Å². The molecular weight excluding hydrogens is 286 g/mol. The Morgan fingerprint density at radius 3 is 2.18 bits per heavy atom. The lowest BCUT2D eigenvalue weighted by atomic mass is 9.87. The van der Waals surface area contributed by atoms with Crippen molar-refractivity contribution in [3.63, 3.8) is 0 Å². The molecule has 0 spiro atoms. The van der Waals surface area contributed by atoms with Gasteiger partial charge in [0.1, 0.15) is 12.6 Å². The van der Waals surface area contributed by atoms with Gasteiger partial charge < -0.3 is 19.5 Å². The Kier molecular flexibility index (Phi) is 9.81. The molecule has 0 heterocycles. The zero-order chi connectivity index (χ0) is 17.2. The van der Waals surface area contributed by atoms with Crippen molar-refractivity contribution in [1.29, 1.82) is 0 Å². The molecular formula is C16H31NO5. The first-order valence-corrected chi connectivity index (χ1v) is 7.77. The Morgan fingerprint density at radius 1 is 1.05 bits per heavy atom. The molecule has 0 fully saturated rings. The van der Waals surface area contributed by atoms with Gasteiger partial charge in [0.2, 0.25) is 0 Å². The van der Waals surface area contributed by atoms with Crippen LogP contribution in [0.1, 0.15) is 47.5 Å². The maximum atomic E-state index is 12.2. The van der Waals surface area contributed by atoms with Crippen LogP contribution in [0.3, 0.4) is 0 Å². The molecule has 1 atom stereocenters. The molecule has 1 N–H and O–H groups in total. The van der Waals surface area contributed by atoms with Gasteiger partial charge in [0, 0.05) is 7.11 Å². The van der Waals surface area contributed by atoms with E-state index in [0.29, 0.717) is 19.1 Å². The zero-order valence-electron chi connectivity index (χ0n) is 14.7. The lowest BCUT2D eigenvalue weighted by Gasteiger charge is -2.29. The molecule has 0 saturated heterocycles. The van der Waals surface area contributed by atoms with Gasteiger partial charge >= 0.3 is 12.1 Å². The molecule has 0 aliphatic rings. The van der Waals surface area contributed by atoms with Crippen molar-refractivity contribution in [2.75, 3.05) is 26.9 Å². The van der Waals surface area contributed by atoms with Crippen molar-refractivity contribution in [1.82, 2.24) is 5.32 Å². The minimum atomic E-state index is -0.749. The predicted molar refractivity (Wildman–Crippen MR) is 84.6 cm³/mol. The fraction of sp³-hybridized carbons (Fsp3) is 0.875. The smallest absolute Gasteiger partial charge is 0.407 e. The Labute approximate surface area is 133 Å². The first kappa shape index (κ1) is 20.7. The molecule has 6 nitrogen and oxygen atoms in total. The topological polar surface area (TPSA) is 73.9 Å². The normalized spacial score (nSPS) is 12.9. The first-order valence-electron chi connectivity index (χ1n) is 7.77. The molecule has 1 amide bonds. The van der Waals surface area contributed by atoms with E-state index in [1.165, 1.54) is 7.11 Å².